The Balaban J connectivity index is 3.07. The number of rotatable bonds is 5. The van der Waals surface area contributed by atoms with E-state index in [9.17, 15) is 14.9 Å². The summed E-state index contributed by atoms with van der Waals surface area (Å²) in [7, 11) is 0. The Morgan fingerprint density at radius 1 is 1.58 bits per heavy atom. The summed E-state index contributed by atoms with van der Waals surface area (Å²) in [6, 6.07) is 1.26. The fourth-order valence-corrected chi connectivity index (χ4v) is 2.00. The van der Waals surface area contributed by atoms with Gasteiger partial charge in [0.2, 0.25) is 5.15 Å². The summed E-state index contributed by atoms with van der Waals surface area (Å²) in [5, 5.41) is 13.4. The van der Waals surface area contributed by atoms with E-state index in [0.717, 1.165) is 6.42 Å². The molecular formula is C12H16ClN3O3. The van der Waals surface area contributed by atoms with Crippen molar-refractivity contribution in [3.8, 4) is 0 Å². The molecule has 1 heterocycles. The molecule has 0 fully saturated rings. The number of hydrogen-bond donors (Lipinski definition) is 1. The summed E-state index contributed by atoms with van der Waals surface area (Å²) < 4.78 is 0. The van der Waals surface area contributed by atoms with Crippen LogP contribution in [0.2, 0.25) is 5.15 Å². The van der Waals surface area contributed by atoms with Gasteiger partial charge in [-0.05, 0) is 18.4 Å². The molecule has 0 aliphatic carbocycles. The molecule has 0 saturated carbocycles. The lowest BCUT2D eigenvalue weighted by atomic mass is 10.0. The van der Waals surface area contributed by atoms with Crippen molar-refractivity contribution in [2.45, 2.75) is 33.2 Å². The molecule has 1 atom stereocenters. The number of amides is 1. The Bertz CT molecular complexity index is 491. The van der Waals surface area contributed by atoms with Crippen LogP contribution in [-0.2, 0) is 0 Å². The van der Waals surface area contributed by atoms with Gasteiger partial charge in [-0.3, -0.25) is 14.9 Å². The highest BCUT2D eigenvalue weighted by molar-refractivity contribution is 6.32. The smallest absolute Gasteiger partial charge is 0.319 e. The SMILES string of the molecule is CCC(NC(=O)c1ccnc(Cl)c1[N+](=O)[O-])C(C)C. The molecular weight excluding hydrogens is 270 g/mol. The van der Waals surface area contributed by atoms with Gasteiger partial charge in [-0.15, -0.1) is 0 Å². The summed E-state index contributed by atoms with van der Waals surface area (Å²) >= 11 is 5.67. The summed E-state index contributed by atoms with van der Waals surface area (Å²) in [6.07, 6.45) is 2.02. The zero-order chi connectivity index (χ0) is 14.6. The summed E-state index contributed by atoms with van der Waals surface area (Å²) in [5.74, 6) is -0.262. The van der Waals surface area contributed by atoms with E-state index >= 15 is 0 Å². The minimum absolute atomic E-state index is 0.0426. The Morgan fingerprint density at radius 3 is 2.68 bits per heavy atom. The third-order valence-electron chi connectivity index (χ3n) is 2.87. The van der Waals surface area contributed by atoms with Gasteiger partial charge in [-0.25, -0.2) is 4.98 Å². The van der Waals surface area contributed by atoms with Crippen LogP contribution in [0, 0.1) is 16.0 Å². The molecule has 1 aromatic heterocycles. The number of nitrogens with one attached hydrogen (secondary N) is 1. The van der Waals surface area contributed by atoms with Crippen LogP contribution in [0.5, 0.6) is 0 Å². The minimum Gasteiger partial charge on any atom is -0.349 e. The maximum atomic E-state index is 12.1. The molecule has 1 unspecified atom stereocenters. The van der Waals surface area contributed by atoms with Crippen molar-refractivity contribution in [2.24, 2.45) is 5.92 Å². The largest absolute Gasteiger partial charge is 0.349 e. The zero-order valence-corrected chi connectivity index (χ0v) is 11.8. The molecule has 1 amide bonds. The number of carbonyl (C=O) groups excluding carboxylic acids is 1. The second-order valence-electron chi connectivity index (χ2n) is 4.49. The van der Waals surface area contributed by atoms with Gasteiger partial charge in [0, 0.05) is 12.2 Å². The van der Waals surface area contributed by atoms with Crippen LogP contribution in [0.3, 0.4) is 0 Å². The molecule has 19 heavy (non-hydrogen) atoms. The zero-order valence-electron chi connectivity index (χ0n) is 11.0. The summed E-state index contributed by atoms with van der Waals surface area (Å²) in [6.45, 7) is 5.89. The van der Waals surface area contributed by atoms with E-state index in [-0.39, 0.29) is 22.7 Å². The first-order chi connectivity index (χ1) is 8.88. The van der Waals surface area contributed by atoms with Crippen LogP contribution >= 0.6 is 11.6 Å². The molecule has 1 rings (SSSR count). The standard InChI is InChI=1S/C12H16ClN3O3/c1-4-9(7(2)3)15-12(17)8-5-6-14-11(13)10(8)16(18)19/h5-7,9H,4H2,1-3H3,(H,15,17). The Kier molecular flexibility index (Phi) is 5.23. The van der Waals surface area contributed by atoms with Crippen LogP contribution in [-0.4, -0.2) is 21.9 Å². The van der Waals surface area contributed by atoms with Crippen LogP contribution in [0.1, 0.15) is 37.6 Å². The van der Waals surface area contributed by atoms with Crippen LogP contribution < -0.4 is 5.32 Å². The third-order valence-corrected chi connectivity index (χ3v) is 3.14. The summed E-state index contributed by atoms with van der Waals surface area (Å²) in [5.41, 5.74) is -0.524. The van der Waals surface area contributed by atoms with Crippen LogP contribution in [0.25, 0.3) is 0 Å². The molecule has 7 heteroatoms. The van der Waals surface area contributed by atoms with Gasteiger partial charge in [0.05, 0.1) is 4.92 Å². The number of carbonyl (C=O) groups is 1. The normalized spacial score (nSPS) is 12.3. The van der Waals surface area contributed by atoms with Gasteiger partial charge < -0.3 is 5.32 Å². The fraction of sp³-hybridized carbons (Fsp3) is 0.500. The average Bonchev–Trinajstić information content (AvgIpc) is 2.34. The van der Waals surface area contributed by atoms with Crippen molar-refractivity contribution in [1.82, 2.24) is 10.3 Å². The monoisotopic (exact) mass is 285 g/mol. The molecule has 6 nitrogen and oxygen atoms in total. The predicted octanol–water partition coefficient (Wildman–Crippen LogP) is 2.81. The lowest BCUT2D eigenvalue weighted by Gasteiger charge is -2.20. The minimum atomic E-state index is -0.694. The Hall–Kier alpha value is -1.69. The second-order valence-corrected chi connectivity index (χ2v) is 4.85. The van der Waals surface area contributed by atoms with Gasteiger partial charge in [-0.2, -0.15) is 0 Å². The van der Waals surface area contributed by atoms with Crippen molar-refractivity contribution in [3.63, 3.8) is 0 Å². The van der Waals surface area contributed by atoms with Crippen LogP contribution in [0.15, 0.2) is 12.3 Å². The molecule has 0 aliphatic heterocycles. The van der Waals surface area contributed by atoms with Crippen molar-refractivity contribution >= 4 is 23.2 Å². The van der Waals surface area contributed by atoms with E-state index in [2.05, 4.69) is 10.3 Å². The number of halogens is 1. The quantitative estimate of drug-likeness (QED) is 0.512. The van der Waals surface area contributed by atoms with E-state index < -0.39 is 16.5 Å². The van der Waals surface area contributed by atoms with E-state index in [0.29, 0.717) is 0 Å². The lowest BCUT2D eigenvalue weighted by Crippen LogP contribution is -2.38. The highest BCUT2D eigenvalue weighted by Gasteiger charge is 2.26. The highest BCUT2D eigenvalue weighted by Crippen LogP contribution is 2.26. The molecule has 104 valence electrons. The van der Waals surface area contributed by atoms with E-state index in [1.807, 2.05) is 20.8 Å². The molecule has 0 aliphatic rings. The first-order valence-electron chi connectivity index (χ1n) is 5.98. The van der Waals surface area contributed by atoms with Gasteiger partial charge in [0.25, 0.3) is 5.91 Å². The molecule has 0 saturated heterocycles. The number of pyridine rings is 1. The highest BCUT2D eigenvalue weighted by atomic mass is 35.5. The van der Waals surface area contributed by atoms with Gasteiger partial charge in [-0.1, -0.05) is 32.4 Å². The first-order valence-corrected chi connectivity index (χ1v) is 6.36. The number of nitrogens with zero attached hydrogens (tertiary/aromatic N) is 2. The van der Waals surface area contributed by atoms with Crippen molar-refractivity contribution in [2.75, 3.05) is 0 Å². The third kappa shape index (κ3) is 3.64. The van der Waals surface area contributed by atoms with Crippen LogP contribution in [0.4, 0.5) is 5.69 Å². The molecule has 0 radical (unpaired) electrons. The Morgan fingerprint density at radius 2 is 2.21 bits per heavy atom. The lowest BCUT2D eigenvalue weighted by molar-refractivity contribution is -0.385. The Labute approximate surface area is 116 Å². The van der Waals surface area contributed by atoms with E-state index in [4.69, 9.17) is 11.6 Å². The van der Waals surface area contributed by atoms with E-state index in [1.54, 1.807) is 0 Å². The average molecular weight is 286 g/mol. The maximum absolute atomic E-state index is 12.1. The van der Waals surface area contributed by atoms with Crippen molar-refractivity contribution in [3.05, 3.63) is 33.1 Å². The van der Waals surface area contributed by atoms with Gasteiger partial charge in [0.15, 0.2) is 0 Å². The van der Waals surface area contributed by atoms with Crippen molar-refractivity contribution < 1.29 is 9.72 Å². The second kappa shape index (κ2) is 6.47. The number of aromatic nitrogens is 1. The molecule has 0 spiro atoms. The molecule has 0 aromatic carbocycles. The molecule has 1 aromatic rings. The summed E-state index contributed by atoms with van der Waals surface area (Å²) in [4.78, 5) is 26.0. The molecule has 1 N–H and O–H groups in total. The van der Waals surface area contributed by atoms with Gasteiger partial charge in [0.1, 0.15) is 5.56 Å². The predicted molar refractivity (Wildman–Crippen MR) is 72.3 cm³/mol. The van der Waals surface area contributed by atoms with E-state index in [1.165, 1.54) is 12.3 Å². The first kappa shape index (κ1) is 15.4. The fourth-order valence-electron chi connectivity index (χ4n) is 1.77. The molecule has 0 bridgehead atoms. The number of hydrogen-bond acceptors (Lipinski definition) is 4. The maximum Gasteiger partial charge on any atom is 0.319 e. The topological polar surface area (TPSA) is 85.1 Å². The van der Waals surface area contributed by atoms with Gasteiger partial charge >= 0.3 is 5.69 Å². The number of nitro groups is 1. The van der Waals surface area contributed by atoms with Crippen molar-refractivity contribution in [1.29, 1.82) is 0 Å².